The maximum absolute atomic E-state index is 13.5. The third-order valence-corrected chi connectivity index (χ3v) is 7.48. The van der Waals surface area contributed by atoms with E-state index in [9.17, 15) is 9.18 Å². The fraction of sp³-hybridized carbons (Fsp3) is 0.0333. The lowest BCUT2D eigenvalue weighted by molar-refractivity contribution is 0.301. The molecule has 2 heterocycles. The van der Waals surface area contributed by atoms with Crippen molar-refractivity contribution in [2.45, 2.75) is 6.61 Å². The van der Waals surface area contributed by atoms with Crippen molar-refractivity contribution in [1.82, 2.24) is 9.66 Å². The highest BCUT2D eigenvalue weighted by Gasteiger charge is 2.17. The summed E-state index contributed by atoms with van der Waals surface area (Å²) in [7, 11) is 0. The van der Waals surface area contributed by atoms with Crippen LogP contribution in [0.5, 0.6) is 5.75 Å². The molecule has 6 nitrogen and oxygen atoms in total. The Morgan fingerprint density at radius 1 is 1.00 bits per heavy atom. The van der Waals surface area contributed by atoms with Gasteiger partial charge in [0.05, 0.1) is 26.1 Å². The van der Waals surface area contributed by atoms with Crippen molar-refractivity contribution in [2.75, 3.05) is 0 Å². The molecule has 0 spiro atoms. The van der Waals surface area contributed by atoms with Crippen LogP contribution in [0, 0.1) is 5.82 Å². The maximum atomic E-state index is 13.5. The second kappa shape index (κ2) is 11.0. The molecule has 40 heavy (non-hydrogen) atoms. The largest absolute Gasteiger partial charge is 0.487 e. The Morgan fingerprint density at radius 3 is 2.60 bits per heavy atom. The first-order valence-electron chi connectivity index (χ1n) is 12.0. The topological polar surface area (TPSA) is 69.6 Å². The molecule has 0 fully saturated rings. The molecule has 0 bridgehead atoms. The molecule has 2 aromatic heterocycles. The molecule has 0 N–H and O–H groups in total. The lowest BCUT2D eigenvalue weighted by atomic mass is 10.2. The van der Waals surface area contributed by atoms with Crippen LogP contribution in [0.1, 0.15) is 11.1 Å². The average molecular weight is 682 g/mol. The molecule has 0 radical (unpaired) electrons. The quantitative estimate of drug-likeness (QED) is 0.165. The second-order valence-electron chi connectivity index (χ2n) is 8.84. The van der Waals surface area contributed by atoms with Crippen LogP contribution in [0.2, 0.25) is 5.02 Å². The van der Waals surface area contributed by atoms with E-state index < -0.39 is 0 Å². The van der Waals surface area contributed by atoms with E-state index in [1.165, 1.54) is 16.8 Å². The summed E-state index contributed by atoms with van der Waals surface area (Å²) in [5.74, 6) is 0.851. The van der Waals surface area contributed by atoms with Crippen LogP contribution in [0.3, 0.4) is 0 Å². The Kier molecular flexibility index (Phi) is 7.27. The Bertz CT molecular complexity index is 1980. The van der Waals surface area contributed by atoms with Crippen molar-refractivity contribution in [1.29, 1.82) is 0 Å². The highest BCUT2D eigenvalue weighted by molar-refractivity contribution is 9.11. The minimum Gasteiger partial charge on any atom is -0.487 e. The number of halogens is 4. The summed E-state index contributed by atoms with van der Waals surface area (Å²) in [6.45, 7) is 0.187. The molecule has 0 aliphatic heterocycles. The molecule has 4 aromatic carbocycles. The van der Waals surface area contributed by atoms with Gasteiger partial charge in [-0.1, -0.05) is 35.9 Å². The first-order chi connectivity index (χ1) is 19.4. The monoisotopic (exact) mass is 679 g/mol. The van der Waals surface area contributed by atoms with Gasteiger partial charge in [0.25, 0.3) is 5.56 Å². The Hall–Kier alpha value is -3.79. The highest BCUT2D eigenvalue weighted by atomic mass is 79.9. The number of ether oxygens (including phenoxy) is 1. The van der Waals surface area contributed by atoms with E-state index in [0.29, 0.717) is 53.1 Å². The fourth-order valence-electron chi connectivity index (χ4n) is 4.21. The van der Waals surface area contributed by atoms with E-state index in [-0.39, 0.29) is 23.8 Å². The van der Waals surface area contributed by atoms with Crippen LogP contribution >= 0.6 is 43.5 Å². The standard InChI is InChI=1S/C30H17Br2ClFN3O3/c31-23-11-18(12-24(32)28(23)39-16-17-4-3-5-21(34)10-17)15-35-37-29(36-25-7-2-1-6-22(25)30(37)38)27-14-19-13-20(33)8-9-26(19)40-27/h1-15H,16H2. The number of hydrogen-bond donors (Lipinski definition) is 0. The van der Waals surface area contributed by atoms with Crippen LogP contribution in [-0.2, 0) is 6.61 Å². The summed E-state index contributed by atoms with van der Waals surface area (Å²) in [5.41, 5.74) is 2.17. The highest BCUT2D eigenvalue weighted by Crippen LogP contribution is 2.35. The molecule has 0 atom stereocenters. The second-order valence-corrected chi connectivity index (χ2v) is 11.0. The van der Waals surface area contributed by atoms with E-state index in [0.717, 1.165) is 5.39 Å². The summed E-state index contributed by atoms with van der Waals surface area (Å²) in [6, 6.07) is 24.0. The molecule has 10 heteroatoms. The number of furan rings is 1. The van der Waals surface area contributed by atoms with Gasteiger partial charge in [-0.2, -0.15) is 9.78 Å². The van der Waals surface area contributed by atoms with Crippen molar-refractivity contribution >= 4 is 71.5 Å². The molecule has 0 saturated heterocycles. The number of rotatable bonds is 6. The summed E-state index contributed by atoms with van der Waals surface area (Å²) < 4.78 is 28.0. The smallest absolute Gasteiger partial charge is 0.282 e. The van der Waals surface area contributed by atoms with Crippen LogP contribution in [0.15, 0.2) is 108 Å². The van der Waals surface area contributed by atoms with Crippen molar-refractivity contribution in [3.05, 3.63) is 126 Å². The lowest BCUT2D eigenvalue weighted by Gasteiger charge is -2.12. The van der Waals surface area contributed by atoms with Gasteiger partial charge >= 0.3 is 0 Å². The van der Waals surface area contributed by atoms with Crippen molar-refractivity contribution in [3.63, 3.8) is 0 Å². The van der Waals surface area contributed by atoms with E-state index in [2.05, 4.69) is 37.0 Å². The lowest BCUT2D eigenvalue weighted by Crippen LogP contribution is -2.20. The van der Waals surface area contributed by atoms with Gasteiger partial charge in [0, 0.05) is 10.4 Å². The molecular formula is C30H17Br2ClFN3O3. The predicted molar refractivity (Wildman–Crippen MR) is 162 cm³/mol. The zero-order valence-corrected chi connectivity index (χ0v) is 24.4. The SMILES string of the molecule is O=c1c2ccccc2nc(-c2cc3cc(Cl)ccc3o2)n1N=Cc1cc(Br)c(OCc2cccc(F)c2)c(Br)c1. The third-order valence-electron chi connectivity index (χ3n) is 6.07. The summed E-state index contributed by atoms with van der Waals surface area (Å²) in [6.07, 6.45) is 1.55. The van der Waals surface area contributed by atoms with Crippen LogP contribution in [0.25, 0.3) is 33.5 Å². The minimum absolute atomic E-state index is 0.187. The first-order valence-corrected chi connectivity index (χ1v) is 13.9. The molecule has 6 rings (SSSR count). The molecule has 0 unspecified atom stereocenters. The number of aromatic nitrogens is 2. The van der Waals surface area contributed by atoms with E-state index in [1.54, 1.807) is 72.9 Å². The van der Waals surface area contributed by atoms with E-state index in [4.69, 9.17) is 25.7 Å². The third kappa shape index (κ3) is 5.32. The number of nitrogens with zero attached hydrogens (tertiary/aromatic N) is 3. The fourth-order valence-corrected chi connectivity index (χ4v) is 5.84. The zero-order valence-electron chi connectivity index (χ0n) is 20.4. The Balaban J connectivity index is 1.38. The number of para-hydroxylation sites is 1. The van der Waals surface area contributed by atoms with E-state index >= 15 is 0 Å². The van der Waals surface area contributed by atoms with Crippen molar-refractivity contribution in [3.8, 4) is 17.3 Å². The minimum atomic E-state index is -0.344. The number of hydrogen-bond acceptors (Lipinski definition) is 5. The normalized spacial score (nSPS) is 11.6. The van der Waals surface area contributed by atoms with Gasteiger partial charge in [-0.15, -0.1) is 0 Å². The predicted octanol–water partition coefficient (Wildman–Crippen LogP) is 8.59. The van der Waals surface area contributed by atoms with Gasteiger partial charge in [0.1, 0.15) is 23.8 Å². The van der Waals surface area contributed by atoms with Gasteiger partial charge < -0.3 is 9.15 Å². The van der Waals surface area contributed by atoms with Crippen molar-refractivity contribution in [2.24, 2.45) is 5.10 Å². The maximum Gasteiger partial charge on any atom is 0.282 e. The summed E-state index contributed by atoms with van der Waals surface area (Å²) >= 11 is 13.2. The number of benzene rings is 4. The van der Waals surface area contributed by atoms with Gasteiger partial charge in [-0.05, 0) is 104 Å². The van der Waals surface area contributed by atoms with Gasteiger partial charge in [0.2, 0.25) is 5.82 Å². The Labute approximate surface area is 248 Å². The van der Waals surface area contributed by atoms with Gasteiger partial charge in [-0.25, -0.2) is 9.37 Å². The molecule has 6 aromatic rings. The van der Waals surface area contributed by atoms with Gasteiger partial charge in [-0.3, -0.25) is 4.79 Å². The van der Waals surface area contributed by atoms with Gasteiger partial charge in [0.15, 0.2) is 5.76 Å². The van der Waals surface area contributed by atoms with E-state index in [1.807, 2.05) is 6.07 Å². The average Bonchev–Trinajstić information content (AvgIpc) is 3.35. The molecular weight excluding hydrogens is 665 g/mol. The van der Waals surface area contributed by atoms with Crippen LogP contribution in [0.4, 0.5) is 4.39 Å². The molecule has 0 amide bonds. The summed E-state index contributed by atoms with van der Waals surface area (Å²) in [4.78, 5) is 18.2. The molecule has 0 aliphatic carbocycles. The number of fused-ring (bicyclic) bond motifs is 2. The molecule has 0 aliphatic rings. The first kappa shape index (κ1) is 26.4. The molecule has 198 valence electrons. The van der Waals surface area contributed by atoms with Crippen LogP contribution < -0.4 is 10.3 Å². The molecule has 0 saturated carbocycles. The van der Waals surface area contributed by atoms with Crippen molar-refractivity contribution < 1.29 is 13.5 Å². The zero-order chi connectivity index (χ0) is 27.8. The Morgan fingerprint density at radius 2 is 1.80 bits per heavy atom. The van der Waals surface area contributed by atoms with Crippen LogP contribution in [-0.4, -0.2) is 15.9 Å². The summed E-state index contributed by atoms with van der Waals surface area (Å²) in [5, 5.41) is 6.28.